The molecule has 0 aliphatic heterocycles. The Hall–Kier alpha value is -0.650. The van der Waals surface area contributed by atoms with Crippen LogP contribution in [-0.2, 0) is 14.3 Å². The van der Waals surface area contributed by atoms with E-state index in [1.165, 1.54) is 0 Å². The van der Waals surface area contributed by atoms with Gasteiger partial charge in [-0.25, -0.2) is 0 Å². The van der Waals surface area contributed by atoms with Gasteiger partial charge in [0.15, 0.2) is 0 Å². The van der Waals surface area contributed by atoms with Crippen LogP contribution in [0, 0.1) is 0 Å². The van der Waals surface area contributed by atoms with E-state index in [9.17, 15) is 4.79 Å². The lowest BCUT2D eigenvalue weighted by Crippen LogP contribution is -2.52. The summed E-state index contributed by atoms with van der Waals surface area (Å²) in [6, 6.07) is 0.290. The van der Waals surface area contributed by atoms with Crippen LogP contribution in [0.25, 0.3) is 0 Å². The predicted octanol–water partition coefficient (Wildman–Crippen LogP) is 1.27. The quantitative estimate of drug-likeness (QED) is 0.480. The Morgan fingerprint density at radius 1 is 1.47 bits per heavy atom. The minimum absolute atomic E-state index is 0.186. The largest absolute Gasteiger partial charge is 0.465 e. The molecule has 19 heavy (non-hydrogen) atoms. The van der Waals surface area contributed by atoms with E-state index < -0.39 is 5.54 Å². The second kappa shape index (κ2) is 9.28. The first kappa shape index (κ1) is 18.4. The van der Waals surface area contributed by atoms with E-state index in [1.807, 2.05) is 13.8 Å². The molecule has 2 unspecified atom stereocenters. The van der Waals surface area contributed by atoms with Gasteiger partial charge in [0.05, 0.1) is 6.61 Å². The van der Waals surface area contributed by atoms with Crippen LogP contribution in [0.2, 0.25) is 0 Å². The number of hydrogen-bond acceptors (Lipinski definition) is 5. The van der Waals surface area contributed by atoms with E-state index in [1.54, 1.807) is 14.2 Å². The molecular weight excluding hydrogens is 244 g/mol. The molecule has 0 aromatic rings. The van der Waals surface area contributed by atoms with Crippen molar-refractivity contribution in [2.75, 3.05) is 41.0 Å². The Morgan fingerprint density at radius 3 is 2.58 bits per heavy atom. The van der Waals surface area contributed by atoms with Gasteiger partial charge in [-0.05, 0) is 47.7 Å². The van der Waals surface area contributed by atoms with Crippen molar-refractivity contribution in [2.45, 2.75) is 45.2 Å². The highest BCUT2D eigenvalue weighted by molar-refractivity contribution is 5.80. The zero-order valence-corrected chi connectivity index (χ0v) is 13.3. The predicted molar refractivity (Wildman–Crippen MR) is 77.3 cm³/mol. The first-order valence-electron chi connectivity index (χ1n) is 6.96. The van der Waals surface area contributed by atoms with E-state index in [0.717, 1.165) is 19.6 Å². The van der Waals surface area contributed by atoms with Gasteiger partial charge < -0.3 is 19.7 Å². The van der Waals surface area contributed by atoms with Gasteiger partial charge in [-0.1, -0.05) is 0 Å². The van der Waals surface area contributed by atoms with Gasteiger partial charge in [-0.2, -0.15) is 0 Å². The number of ether oxygens (including phenoxy) is 2. The van der Waals surface area contributed by atoms with E-state index in [-0.39, 0.29) is 5.97 Å². The Kier molecular flexibility index (Phi) is 8.97. The molecule has 0 aliphatic rings. The normalized spacial score (nSPS) is 16.2. The third-order valence-electron chi connectivity index (χ3n) is 3.59. The van der Waals surface area contributed by atoms with Crippen LogP contribution in [0.1, 0.15) is 33.6 Å². The number of nitrogens with one attached hydrogen (secondary N) is 1. The van der Waals surface area contributed by atoms with Crippen LogP contribution in [0.4, 0.5) is 0 Å². The fourth-order valence-corrected chi connectivity index (χ4v) is 2.00. The number of hydrogen-bond donors (Lipinski definition) is 1. The molecule has 0 fully saturated rings. The summed E-state index contributed by atoms with van der Waals surface area (Å²) in [6.07, 6.45) is 1.71. The lowest BCUT2D eigenvalue weighted by molar-refractivity contribution is -0.151. The van der Waals surface area contributed by atoms with Crippen LogP contribution in [-0.4, -0.2) is 63.4 Å². The van der Waals surface area contributed by atoms with E-state index in [4.69, 9.17) is 9.47 Å². The zero-order chi connectivity index (χ0) is 14.9. The number of carbonyl (C=O) groups is 1. The van der Waals surface area contributed by atoms with Crippen LogP contribution in [0.15, 0.2) is 0 Å². The molecule has 0 bridgehead atoms. The summed E-state index contributed by atoms with van der Waals surface area (Å²) in [4.78, 5) is 14.2. The van der Waals surface area contributed by atoms with Gasteiger partial charge in [0.1, 0.15) is 5.54 Å². The third kappa shape index (κ3) is 6.36. The Labute approximate surface area is 117 Å². The van der Waals surface area contributed by atoms with Crippen LogP contribution in [0.3, 0.4) is 0 Å². The number of esters is 1. The second-order valence-corrected chi connectivity index (χ2v) is 5.18. The number of rotatable bonds is 10. The monoisotopic (exact) mass is 274 g/mol. The summed E-state index contributed by atoms with van der Waals surface area (Å²) < 4.78 is 10.2. The lowest BCUT2D eigenvalue weighted by Gasteiger charge is -2.33. The molecule has 0 heterocycles. The van der Waals surface area contributed by atoms with Gasteiger partial charge in [0, 0.05) is 26.3 Å². The van der Waals surface area contributed by atoms with E-state index in [0.29, 0.717) is 19.1 Å². The van der Waals surface area contributed by atoms with E-state index in [2.05, 4.69) is 24.2 Å². The van der Waals surface area contributed by atoms with E-state index >= 15 is 0 Å². The fraction of sp³-hybridized carbons (Fsp3) is 0.929. The molecule has 0 radical (unpaired) electrons. The molecule has 0 amide bonds. The Balaban J connectivity index is 4.39. The molecule has 0 saturated heterocycles. The van der Waals surface area contributed by atoms with Gasteiger partial charge in [-0.15, -0.1) is 0 Å². The summed E-state index contributed by atoms with van der Waals surface area (Å²) in [5.41, 5.74) is -0.634. The molecule has 0 spiro atoms. The Bertz CT molecular complexity index is 261. The first-order chi connectivity index (χ1) is 8.91. The maximum absolute atomic E-state index is 12.0. The molecule has 114 valence electrons. The van der Waals surface area contributed by atoms with Crippen molar-refractivity contribution in [3.63, 3.8) is 0 Å². The molecule has 5 heteroatoms. The van der Waals surface area contributed by atoms with Crippen molar-refractivity contribution in [2.24, 2.45) is 0 Å². The average molecular weight is 274 g/mol. The third-order valence-corrected chi connectivity index (χ3v) is 3.59. The zero-order valence-electron chi connectivity index (χ0n) is 13.3. The van der Waals surface area contributed by atoms with Gasteiger partial charge in [0.25, 0.3) is 0 Å². The molecule has 5 nitrogen and oxygen atoms in total. The van der Waals surface area contributed by atoms with Crippen LogP contribution >= 0.6 is 0 Å². The highest BCUT2D eigenvalue weighted by Crippen LogP contribution is 2.17. The summed E-state index contributed by atoms with van der Waals surface area (Å²) in [5, 5.41) is 3.09. The minimum atomic E-state index is -0.634. The molecule has 0 aliphatic carbocycles. The first-order valence-corrected chi connectivity index (χ1v) is 6.96. The van der Waals surface area contributed by atoms with Crippen molar-refractivity contribution in [1.29, 1.82) is 0 Å². The number of methoxy groups -OCH3 is 1. The smallest absolute Gasteiger partial charge is 0.326 e. The molecule has 0 saturated carbocycles. The van der Waals surface area contributed by atoms with Crippen LogP contribution in [0.5, 0.6) is 0 Å². The average Bonchev–Trinajstić information content (AvgIpc) is 2.38. The van der Waals surface area contributed by atoms with Gasteiger partial charge >= 0.3 is 5.97 Å². The minimum Gasteiger partial charge on any atom is -0.465 e. The molecule has 2 atom stereocenters. The fourth-order valence-electron chi connectivity index (χ4n) is 2.00. The highest BCUT2D eigenvalue weighted by Gasteiger charge is 2.35. The molecule has 1 N–H and O–H groups in total. The topological polar surface area (TPSA) is 50.8 Å². The van der Waals surface area contributed by atoms with Crippen molar-refractivity contribution in [3.05, 3.63) is 0 Å². The number of nitrogens with zero attached hydrogens (tertiary/aromatic N) is 1. The highest BCUT2D eigenvalue weighted by atomic mass is 16.5. The number of carbonyl (C=O) groups excluding carboxylic acids is 1. The summed E-state index contributed by atoms with van der Waals surface area (Å²) in [6.45, 7) is 7.98. The SMILES string of the molecule is CCOC(=O)C(C)(CC(C)N(C)CCCOC)NC. The van der Waals surface area contributed by atoms with Gasteiger partial charge in [0.2, 0.25) is 0 Å². The maximum Gasteiger partial charge on any atom is 0.326 e. The summed E-state index contributed by atoms with van der Waals surface area (Å²) in [7, 11) is 5.58. The molecular formula is C14H30N2O3. The second-order valence-electron chi connectivity index (χ2n) is 5.18. The molecule has 0 aromatic heterocycles. The lowest BCUT2D eigenvalue weighted by atomic mass is 9.93. The molecule has 0 aromatic carbocycles. The molecule has 0 rings (SSSR count). The Morgan fingerprint density at radius 2 is 2.11 bits per heavy atom. The van der Waals surface area contributed by atoms with Crippen LogP contribution < -0.4 is 5.32 Å². The summed E-state index contributed by atoms with van der Waals surface area (Å²) >= 11 is 0. The summed E-state index contributed by atoms with van der Waals surface area (Å²) in [5.74, 6) is -0.186. The van der Waals surface area contributed by atoms with Crippen molar-refractivity contribution in [3.8, 4) is 0 Å². The standard InChI is InChI=1S/C14H30N2O3/c1-7-19-13(17)14(3,15-4)11-12(2)16(5)9-8-10-18-6/h12,15H,7-11H2,1-6H3. The number of likely N-dealkylation sites (N-methyl/N-ethyl adjacent to an activating group) is 1. The van der Waals surface area contributed by atoms with Crippen molar-refractivity contribution < 1.29 is 14.3 Å². The van der Waals surface area contributed by atoms with Gasteiger partial charge in [-0.3, -0.25) is 4.79 Å². The maximum atomic E-state index is 12.0. The van der Waals surface area contributed by atoms with Crippen molar-refractivity contribution in [1.82, 2.24) is 10.2 Å². The van der Waals surface area contributed by atoms with Crippen molar-refractivity contribution >= 4 is 5.97 Å².